The molecule has 1 aliphatic carbocycles. The molecule has 9 nitrogen and oxygen atoms in total. The molecule has 1 N–H and O–H groups in total. The monoisotopic (exact) mass is 472 g/mol. The molecule has 0 saturated heterocycles. The highest BCUT2D eigenvalue weighted by molar-refractivity contribution is 6.05. The van der Waals surface area contributed by atoms with Crippen LogP contribution in [0, 0.1) is 11.8 Å². The molecule has 1 aromatic heterocycles. The van der Waals surface area contributed by atoms with E-state index in [1.54, 1.807) is 46.2 Å². The topological polar surface area (TPSA) is 110 Å². The van der Waals surface area contributed by atoms with E-state index < -0.39 is 23.3 Å². The molecule has 3 atom stereocenters. The van der Waals surface area contributed by atoms with Gasteiger partial charge in [0.05, 0.1) is 30.5 Å². The highest BCUT2D eigenvalue weighted by Crippen LogP contribution is 2.51. The number of rotatable bonds is 7. The zero-order valence-electron chi connectivity index (χ0n) is 21.0. The number of carbonyl (C=O) groups is 3. The number of aromatic nitrogens is 1. The average molecular weight is 473 g/mol. The first kappa shape index (κ1) is 25.6. The van der Waals surface area contributed by atoms with Gasteiger partial charge in [-0.2, -0.15) is 0 Å². The van der Waals surface area contributed by atoms with E-state index in [2.05, 4.69) is 10.3 Å². The van der Waals surface area contributed by atoms with Crippen molar-refractivity contribution in [3.8, 4) is 0 Å². The average Bonchev–Trinajstić information content (AvgIpc) is 3.56. The van der Waals surface area contributed by atoms with E-state index in [0.717, 1.165) is 5.56 Å². The van der Waals surface area contributed by atoms with Gasteiger partial charge >= 0.3 is 12.1 Å². The van der Waals surface area contributed by atoms with Crippen molar-refractivity contribution in [2.24, 2.45) is 16.8 Å². The fourth-order valence-electron chi connectivity index (χ4n) is 4.45. The summed E-state index contributed by atoms with van der Waals surface area (Å²) in [7, 11) is 0. The van der Waals surface area contributed by atoms with Crippen LogP contribution >= 0.6 is 0 Å². The van der Waals surface area contributed by atoms with Crippen molar-refractivity contribution in [2.75, 3.05) is 6.61 Å². The van der Waals surface area contributed by atoms with Gasteiger partial charge < -0.3 is 9.47 Å². The maximum Gasteiger partial charge on any atom is 0.414 e. The summed E-state index contributed by atoms with van der Waals surface area (Å²) in [5.74, 6) is -0.787. The van der Waals surface area contributed by atoms with E-state index in [1.807, 2.05) is 19.9 Å². The molecule has 34 heavy (non-hydrogen) atoms. The van der Waals surface area contributed by atoms with Gasteiger partial charge in [0.15, 0.2) is 0 Å². The van der Waals surface area contributed by atoms with E-state index in [0.29, 0.717) is 25.9 Å². The lowest BCUT2D eigenvalue weighted by Crippen LogP contribution is -2.56. The molecule has 9 heteroatoms. The number of ether oxygens (including phenoxy) is 2. The molecule has 1 aromatic rings. The quantitative estimate of drug-likeness (QED) is 0.601. The molecule has 0 spiro atoms. The summed E-state index contributed by atoms with van der Waals surface area (Å²) in [6.45, 7) is 11.3. The summed E-state index contributed by atoms with van der Waals surface area (Å²) in [6, 6.07) is 3.15. The van der Waals surface area contributed by atoms with Crippen molar-refractivity contribution >= 4 is 23.9 Å². The minimum Gasteiger partial charge on any atom is -0.466 e. The zero-order chi connectivity index (χ0) is 25.1. The van der Waals surface area contributed by atoms with Gasteiger partial charge in [0.1, 0.15) is 5.60 Å². The maximum atomic E-state index is 13.7. The smallest absolute Gasteiger partial charge is 0.414 e. The minimum atomic E-state index is -0.713. The Hall–Kier alpha value is -2.97. The van der Waals surface area contributed by atoms with Crippen molar-refractivity contribution in [2.45, 2.75) is 84.4 Å². The molecule has 0 aromatic carbocycles. The summed E-state index contributed by atoms with van der Waals surface area (Å²) < 4.78 is 10.7. The second kappa shape index (κ2) is 10.1. The van der Waals surface area contributed by atoms with Gasteiger partial charge in [-0.1, -0.05) is 19.9 Å². The van der Waals surface area contributed by atoms with Crippen LogP contribution in [0.25, 0.3) is 0 Å². The SMILES string of the molecule is CCOC(=O)C1C[C@@H]1C(c1cccnc1)N1C(=O)CC(CC)(CC)N=C1NC(=O)OC(C)(C)C. The summed E-state index contributed by atoms with van der Waals surface area (Å²) in [5, 5.41) is 2.74. The van der Waals surface area contributed by atoms with Crippen LogP contribution in [0.4, 0.5) is 4.79 Å². The summed E-state index contributed by atoms with van der Waals surface area (Å²) >= 11 is 0. The zero-order valence-corrected chi connectivity index (χ0v) is 21.0. The van der Waals surface area contributed by atoms with Gasteiger partial charge in [-0.25, -0.2) is 9.79 Å². The second-order valence-electron chi connectivity index (χ2n) is 9.92. The minimum absolute atomic E-state index is 0.151. The Morgan fingerprint density at radius 3 is 2.53 bits per heavy atom. The first-order chi connectivity index (χ1) is 16.0. The van der Waals surface area contributed by atoms with Gasteiger partial charge in [-0.15, -0.1) is 0 Å². The third-order valence-electron chi connectivity index (χ3n) is 6.39. The third-order valence-corrected chi connectivity index (χ3v) is 6.39. The summed E-state index contributed by atoms with van der Waals surface area (Å²) in [6.07, 6.45) is 4.74. The second-order valence-corrected chi connectivity index (χ2v) is 9.92. The lowest BCUT2D eigenvalue weighted by atomic mass is 9.87. The van der Waals surface area contributed by atoms with E-state index in [-0.39, 0.29) is 36.1 Å². The van der Waals surface area contributed by atoms with Crippen LogP contribution in [0.3, 0.4) is 0 Å². The molecule has 1 aliphatic heterocycles. The Labute approximate surface area is 201 Å². The fraction of sp³-hybridized carbons (Fsp3) is 0.640. The standard InChI is InChI=1S/C25H36N4O5/c1-7-25(8-2)14-19(30)29(22(28-25)27-23(32)34-24(4,5)6)20(16-11-10-12-26-15-16)17-13-18(17)21(31)33-9-3/h10-12,15,17-18,20H,7-9,13-14H2,1-6H3,(H,27,28,32)/t17-,18?,20?/m0/s1. The van der Waals surface area contributed by atoms with E-state index in [4.69, 9.17) is 14.5 Å². The lowest BCUT2D eigenvalue weighted by Gasteiger charge is -2.41. The number of hydrogen-bond acceptors (Lipinski definition) is 7. The Morgan fingerprint density at radius 2 is 1.97 bits per heavy atom. The number of pyridine rings is 1. The van der Waals surface area contributed by atoms with E-state index in [1.165, 1.54) is 4.90 Å². The molecule has 2 amide bonds. The highest BCUT2D eigenvalue weighted by Gasteiger charge is 2.54. The highest BCUT2D eigenvalue weighted by atomic mass is 16.6. The van der Waals surface area contributed by atoms with Crippen molar-refractivity contribution in [1.82, 2.24) is 15.2 Å². The predicted octanol–water partition coefficient (Wildman–Crippen LogP) is 3.99. The van der Waals surface area contributed by atoms with Gasteiger partial charge in [0, 0.05) is 12.4 Å². The number of alkyl carbamates (subject to hydrolysis) is 1. The molecule has 1 saturated carbocycles. The third kappa shape index (κ3) is 5.74. The summed E-state index contributed by atoms with van der Waals surface area (Å²) in [4.78, 5) is 49.5. The number of hydrogen-bond donors (Lipinski definition) is 1. The normalized spacial score (nSPS) is 22.5. The number of amides is 2. The Bertz CT molecular complexity index is 936. The van der Waals surface area contributed by atoms with Gasteiger partial charge in [0.2, 0.25) is 11.9 Å². The Kier molecular flexibility index (Phi) is 7.63. The number of esters is 1. The van der Waals surface area contributed by atoms with E-state index in [9.17, 15) is 14.4 Å². The molecule has 3 rings (SSSR count). The van der Waals surface area contributed by atoms with Gasteiger partial charge in [0.25, 0.3) is 0 Å². The molecular weight excluding hydrogens is 436 g/mol. The van der Waals surface area contributed by atoms with Crippen LogP contribution in [-0.4, -0.2) is 51.6 Å². The van der Waals surface area contributed by atoms with Crippen LogP contribution in [0.1, 0.15) is 78.8 Å². The first-order valence-electron chi connectivity index (χ1n) is 12.0. The van der Waals surface area contributed by atoms with Crippen molar-refractivity contribution < 1.29 is 23.9 Å². The molecule has 1 fully saturated rings. The number of aliphatic imine (C=N–C) groups is 1. The predicted molar refractivity (Wildman–Crippen MR) is 127 cm³/mol. The van der Waals surface area contributed by atoms with Crippen LogP contribution in [0.2, 0.25) is 0 Å². The molecular formula is C25H36N4O5. The number of carbonyl (C=O) groups excluding carboxylic acids is 3. The molecule has 2 aliphatic rings. The molecule has 2 heterocycles. The first-order valence-corrected chi connectivity index (χ1v) is 12.0. The molecule has 2 unspecified atom stereocenters. The van der Waals surface area contributed by atoms with E-state index >= 15 is 0 Å². The van der Waals surface area contributed by atoms with Crippen LogP contribution in [0.5, 0.6) is 0 Å². The van der Waals surface area contributed by atoms with Crippen molar-refractivity contribution in [3.63, 3.8) is 0 Å². The maximum absolute atomic E-state index is 13.7. The largest absolute Gasteiger partial charge is 0.466 e. The van der Waals surface area contributed by atoms with Gasteiger partial charge in [-0.3, -0.25) is 24.8 Å². The van der Waals surface area contributed by atoms with Crippen LogP contribution in [0.15, 0.2) is 29.5 Å². The molecule has 186 valence electrons. The van der Waals surface area contributed by atoms with Gasteiger partial charge in [-0.05, 0) is 64.5 Å². The number of nitrogens with zero attached hydrogens (tertiary/aromatic N) is 3. The fourth-order valence-corrected chi connectivity index (χ4v) is 4.45. The van der Waals surface area contributed by atoms with Crippen molar-refractivity contribution in [3.05, 3.63) is 30.1 Å². The Balaban J connectivity index is 2.03. The summed E-state index contributed by atoms with van der Waals surface area (Å²) in [5.41, 5.74) is -0.553. The van der Waals surface area contributed by atoms with Crippen LogP contribution in [-0.2, 0) is 19.1 Å². The number of nitrogens with one attached hydrogen (secondary N) is 1. The molecule has 0 bridgehead atoms. The lowest BCUT2D eigenvalue weighted by molar-refractivity contribution is -0.145. The molecule has 0 radical (unpaired) electrons. The Morgan fingerprint density at radius 1 is 1.26 bits per heavy atom. The van der Waals surface area contributed by atoms with Crippen molar-refractivity contribution in [1.29, 1.82) is 0 Å². The van der Waals surface area contributed by atoms with Crippen LogP contribution < -0.4 is 5.32 Å². The number of guanidine groups is 1.